The summed E-state index contributed by atoms with van der Waals surface area (Å²) in [5, 5.41) is 18.8. The molecule has 0 saturated heterocycles. The molecule has 0 bridgehead atoms. The maximum atomic E-state index is 12.4. The maximum absolute atomic E-state index is 12.4. The van der Waals surface area contributed by atoms with Crippen molar-refractivity contribution in [1.82, 2.24) is 9.97 Å². The Labute approximate surface area is 153 Å². The molecule has 8 heteroatoms. The Kier molecular flexibility index (Phi) is 4.06. The smallest absolute Gasteiger partial charge is 0.307 e. The van der Waals surface area contributed by atoms with Gasteiger partial charge < -0.3 is 10.6 Å². The number of nitro groups is 1. The number of pyridine rings is 2. The Balaban J connectivity index is 1.67. The van der Waals surface area contributed by atoms with Crippen molar-refractivity contribution in [2.75, 3.05) is 10.6 Å². The molecular weight excluding hydrogens is 346 g/mol. The van der Waals surface area contributed by atoms with Crippen LogP contribution in [0.2, 0.25) is 0 Å². The van der Waals surface area contributed by atoms with E-state index in [0.29, 0.717) is 11.4 Å². The molecule has 0 aliphatic carbocycles. The summed E-state index contributed by atoms with van der Waals surface area (Å²) in [4.78, 5) is 31.3. The predicted molar refractivity (Wildman–Crippen MR) is 103 cm³/mol. The summed E-state index contributed by atoms with van der Waals surface area (Å²) in [7, 11) is 0. The van der Waals surface area contributed by atoms with Gasteiger partial charge in [0.25, 0.3) is 5.69 Å². The van der Waals surface area contributed by atoms with Gasteiger partial charge in [0, 0.05) is 47.2 Å². The highest BCUT2D eigenvalue weighted by Crippen LogP contribution is 2.30. The number of benzene rings is 2. The topological polar surface area (TPSA) is 110 Å². The van der Waals surface area contributed by atoms with Crippen LogP contribution in [-0.2, 0) is 0 Å². The van der Waals surface area contributed by atoms with E-state index >= 15 is 0 Å². The van der Waals surface area contributed by atoms with Crippen LogP contribution in [0.15, 0.2) is 67.1 Å². The second-order valence-electron chi connectivity index (χ2n) is 5.81. The number of urea groups is 1. The first kappa shape index (κ1) is 16.4. The van der Waals surface area contributed by atoms with E-state index in [2.05, 4.69) is 20.6 Å². The van der Waals surface area contributed by atoms with E-state index in [9.17, 15) is 14.9 Å². The predicted octanol–water partition coefficient (Wildman–Crippen LogP) is 4.34. The lowest BCUT2D eigenvalue weighted by Gasteiger charge is -2.12. The first-order chi connectivity index (χ1) is 13.1. The van der Waals surface area contributed by atoms with Gasteiger partial charge in [0.05, 0.1) is 16.1 Å². The van der Waals surface area contributed by atoms with Crippen molar-refractivity contribution in [2.24, 2.45) is 0 Å². The summed E-state index contributed by atoms with van der Waals surface area (Å²) in [6.45, 7) is 0. The normalized spacial score (nSPS) is 10.7. The van der Waals surface area contributed by atoms with Crippen molar-refractivity contribution < 1.29 is 9.72 Å². The van der Waals surface area contributed by atoms with Crippen LogP contribution in [-0.4, -0.2) is 20.9 Å². The fourth-order valence-electron chi connectivity index (χ4n) is 2.88. The minimum absolute atomic E-state index is 0.0966. The molecule has 27 heavy (non-hydrogen) atoms. The Hall–Kier alpha value is -4.07. The first-order valence-electron chi connectivity index (χ1n) is 8.06. The van der Waals surface area contributed by atoms with Gasteiger partial charge in [0.1, 0.15) is 0 Å². The zero-order chi connectivity index (χ0) is 18.8. The molecule has 0 radical (unpaired) electrons. The molecular formula is C19H13N5O3. The molecule has 0 fully saturated rings. The summed E-state index contributed by atoms with van der Waals surface area (Å²) >= 11 is 0. The molecule has 2 amide bonds. The fraction of sp³-hybridized carbons (Fsp3) is 0. The number of carbonyl (C=O) groups is 1. The van der Waals surface area contributed by atoms with Crippen LogP contribution >= 0.6 is 0 Å². The Morgan fingerprint density at radius 3 is 2.74 bits per heavy atom. The molecule has 0 atom stereocenters. The highest BCUT2D eigenvalue weighted by atomic mass is 16.6. The van der Waals surface area contributed by atoms with Crippen molar-refractivity contribution in [3.63, 3.8) is 0 Å². The van der Waals surface area contributed by atoms with Crippen LogP contribution in [0.4, 0.5) is 21.9 Å². The zero-order valence-corrected chi connectivity index (χ0v) is 13.9. The van der Waals surface area contributed by atoms with Crippen LogP contribution in [0.3, 0.4) is 0 Å². The van der Waals surface area contributed by atoms with Crippen LogP contribution in [0.1, 0.15) is 0 Å². The van der Waals surface area contributed by atoms with Gasteiger partial charge in [0.2, 0.25) is 0 Å². The summed E-state index contributed by atoms with van der Waals surface area (Å²) in [5.41, 5.74) is 1.54. The fourth-order valence-corrected chi connectivity index (χ4v) is 2.88. The quantitative estimate of drug-likeness (QED) is 0.321. The molecule has 2 aromatic carbocycles. The van der Waals surface area contributed by atoms with Gasteiger partial charge in [0.15, 0.2) is 0 Å². The number of hydrogen-bond donors (Lipinski definition) is 2. The highest BCUT2D eigenvalue weighted by molar-refractivity contribution is 6.14. The van der Waals surface area contributed by atoms with Gasteiger partial charge in [-0.15, -0.1) is 0 Å². The average molecular weight is 359 g/mol. The van der Waals surface area contributed by atoms with E-state index in [1.165, 1.54) is 18.2 Å². The molecule has 0 aliphatic heterocycles. The van der Waals surface area contributed by atoms with E-state index < -0.39 is 11.0 Å². The molecule has 8 nitrogen and oxygen atoms in total. The number of carbonyl (C=O) groups excluding carboxylic acids is 1. The number of amides is 2. The third kappa shape index (κ3) is 3.23. The van der Waals surface area contributed by atoms with E-state index in [-0.39, 0.29) is 5.69 Å². The molecule has 2 heterocycles. The lowest BCUT2D eigenvalue weighted by Crippen LogP contribution is -2.19. The second-order valence-corrected chi connectivity index (χ2v) is 5.81. The summed E-state index contributed by atoms with van der Waals surface area (Å²) < 4.78 is 0. The van der Waals surface area contributed by atoms with E-state index in [1.807, 2.05) is 18.2 Å². The van der Waals surface area contributed by atoms with E-state index in [1.54, 1.807) is 30.7 Å². The lowest BCUT2D eigenvalue weighted by molar-refractivity contribution is -0.384. The number of non-ortho nitro benzene ring substituents is 1. The largest absolute Gasteiger partial charge is 0.323 e. The third-order valence-corrected chi connectivity index (χ3v) is 4.07. The van der Waals surface area contributed by atoms with Gasteiger partial charge in [-0.1, -0.05) is 6.07 Å². The second kappa shape index (κ2) is 6.68. The summed E-state index contributed by atoms with van der Waals surface area (Å²) in [5.74, 6) is 0. The third-order valence-electron chi connectivity index (χ3n) is 4.07. The van der Waals surface area contributed by atoms with Crippen molar-refractivity contribution >= 4 is 44.8 Å². The van der Waals surface area contributed by atoms with Crippen LogP contribution in [0.5, 0.6) is 0 Å². The average Bonchev–Trinajstić information content (AvgIpc) is 2.68. The minimum Gasteiger partial charge on any atom is -0.307 e. The van der Waals surface area contributed by atoms with Crippen LogP contribution < -0.4 is 10.6 Å². The van der Waals surface area contributed by atoms with Crippen molar-refractivity contribution in [3.8, 4) is 0 Å². The van der Waals surface area contributed by atoms with Crippen molar-refractivity contribution in [3.05, 3.63) is 77.2 Å². The van der Waals surface area contributed by atoms with Gasteiger partial charge in [-0.25, -0.2) is 4.79 Å². The first-order valence-corrected chi connectivity index (χ1v) is 8.06. The number of fused-ring (bicyclic) bond motifs is 3. The van der Waals surface area contributed by atoms with Crippen molar-refractivity contribution in [2.45, 2.75) is 0 Å². The monoisotopic (exact) mass is 359 g/mol. The summed E-state index contributed by atoms with van der Waals surface area (Å²) in [6, 6.07) is 12.6. The van der Waals surface area contributed by atoms with Crippen molar-refractivity contribution in [1.29, 1.82) is 0 Å². The molecule has 0 aliphatic rings. The number of nitro benzene ring substituents is 1. The number of anilines is 2. The molecule has 4 aromatic rings. The van der Waals surface area contributed by atoms with E-state index in [4.69, 9.17) is 0 Å². The van der Waals surface area contributed by atoms with Crippen LogP contribution in [0.25, 0.3) is 21.7 Å². The number of aromatic nitrogens is 2. The SMILES string of the molecule is O=C(Nc1cccc([N+](=O)[O-])c1)Nc1cc2ccncc2c2ncccc12. The molecule has 0 saturated carbocycles. The highest BCUT2D eigenvalue weighted by Gasteiger charge is 2.12. The Morgan fingerprint density at radius 1 is 1.00 bits per heavy atom. The molecule has 2 N–H and O–H groups in total. The molecule has 0 spiro atoms. The minimum atomic E-state index is -0.514. The van der Waals surface area contributed by atoms with Gasteiger partial charge >= 0.3 is 6.03 Å². The van der Waals surface area contributed by atoms with E-state index in [0.717, 1.165) is 21.7 Å². The number of nitrogens with one attached hydrogen (secondary N) is 2. The molecule has 0 unspecified atom stereocenters. The van der Waals surface area contributed by atoms with Crippen LogP contribution in [0, 0.1) is 10.1 Å². The molecule has 2 aromatic heterocycles. The molecule has 4 rings (SSSR count). The summed E-state index contributed by atoms with van der Waals surface area (Å²) in [6.07, 6.45) is 5.09. The maximum Gasteiger partial charge on any atom is 0.323 e. The van der Waals surface area contributed by atoms with Gasteiger partial charge in [-0.3, -0.25) is 20.1 Å². The zero-order valence-electron chi connectivity index (χ0n) is 13.9. The Bertz CT molecular complexity index is 1190. The number of nitrogens with zero attached hydrogens (tertiary/aromatic N) is 3. The lowest BCUT2D eigenvalue weighted by atomic mass is 10.1. The number of hydrogen-bond acceptors (Lipinski definition) is 5. The molecule has 132 valence electrons. The standard InChI is InChI=1S/C19H13N5O3/c25-19(22-13-3-1-4-14(10-13)24(26)27)23-17-9-12-6-8-20-11-16(12)18-15(17)5-2-7-21-18/h1-11H,(H2,22,23,25). The number of rotatable bonds is 3. The van der Waals surface area contributed by atoms with Gasteiger partial charge in [-0.2, -0.15) is 0 Å². The Morgan fingerprint density at radius 2 is 1.89 bits per heavy atom. The van der Waals surface area contributed by atoms with Gasteiger partial charge in [-0.05, 0) is 35.7 Å².